The highest BCUT2D eigenvalue weighted by Gasteiger charge is 2.07. The smallest absolute Gasteiger partial charge is 0.234 e. The molecule has 2 atom stereocenters. The van der Waals surface area contributed by atoms with Crippen LogP contribution in [-0.4, -0.2) is 11.9 Å². The fraction of sp³-hybridized carbons (Fsp3) is 0.235. The minimum Gasteiger partial charge on any atom is -0.489 e. The fourth-order valence-corrected chi connectivity index (χ4v) is 1.72. The van der Waals surface area contributed by atoms with Gasteiger partial charge in [-0.3, -0.25) is 4.79 Å². The van der Waals surface area contributed by atoms with Crippen LogP contribution in [0.25, 0.3) is 0 Å². The summed E-state index contributed by atoms with van der Waals surface area (Å²) < 4.78 is 48.6. The molecule has 0 aromatic heterocycles. The van der Waals surface area contributed by atoms with Gasteiger partial charge >= 0.3 is 0 Å². The molecule has 3 N–H and O–H groups in total. The van der Waals surface area contributed by atoms with Gasteiger partial charge in [-0.25, -0.2) is 4.39 Å². The zero-order chi connectivity index (χ0) is 19.3. The third-order valence-corrected chi connectivity index (χ3v) is 2.88. The molecule has 0 fully saturated rings. The van der Waals surface area contributed by atoms with E-state index in [9.17, 15) is 9.18 Å². The molecule has 22 heavy (non-hydrogen) atoms. The lowest BCUT2D eigenvalue weighted by Crippen LogP contribution is -2.38. The molecule has 2 aromatic carbocycles. The molecular formula is C17H19FN2O2. The number of carbonyl (C=O) groups excluding carboxylic acids is 1. The number of rotatable bonds is 7. The van der Waals surface area contributed by atoms with E-state index < -0.39 is 25.3 Å². The number of carbonyl (C=O) groups is 1. The van der Waals surface area contributed by atoms with E-state index in [1.807, 2.05) is 0 Å². The summed E-state index contributed by atoms with van der Waals surface area (Å²) in [5.74, 6) is -0.882. The molecule has 0 heterocycles. The topological polar surface area (TPSA) is 64.3 Å². The van der Waals surface area contributed by atoms with Crippen molar-refractivity contribution in [3.05, 3.63) is 65.5 Å². The molecule has 0 aliphatic heterocycles. The van der Waals surface area contributed by atoms with Gasteiger partial charge in [-0.05, 0) is 42.2 Å². The van der Waals surface area contributed by atoms with E-state index in [4.69, 9.17) is 16.0 Å². The first-order valence-electron chi connectivity index (χ1n) is 8.69. The molecule has 1 amide bonds. The Morgan fingerprint density at radius 2 is 2.14 bits per heavy atom. The highest BCUT2D eigenvalue weighted by molar-refractivity contribution is 5.79. The molecule has 1 unspecified atom stereocenters. The van der Waals surface area contributed by atoms with Gasteiger partial charge in [0.05, 0.1) is 6.04 Å². The van der Waals surface area contributed by atoms with Crippen molar-refractivity contribution >= 4 is 5.91 Å². The van der Waals surface area contributed by atoms with Crippen LogP contribution in [0.3, 0.4) is 0 Å². The van der Waals surface area contributed by atoms with E-state index in [1.54, 1.807) is 36.4 Å². The van der Waals surface area contributed by atoms with Crippen LogP contribution in [0.4, 0.5) is 4.39 Å². The van der Waals surface area contributed by atoms with Crippen molar-refractivity contribution in [3.8, 4) is 5.75 Å². The molecule has 0 bridgehead atoms. The molecule has 0 radical (unpaired) electrons. The standard InChI is InChI=1S/C17H19FN2O2/c1-12(17(19)21)20-10-13-5-7-16(8-6-13)22-11-14-3-2-4-15(18)9-14/h2-9,12,20H,10-11H2,1H3,(H2,19,21)/t12-/m0/s1/i1D3,10D/t10?,12-. The summed E-state index contributed by atoms with van der Waals surface area (Å²) >= 11 is 0. The molecule has 5 heteroatoms. The zero-order valence-corrected chi connectivity index (χ0v) is 11.8. The average molecular weight is 306 g/mol. The molecule has 0 saturated carbocycles. The summed E-state index contributed by atoms with van der Waals surface area (Å²) in [6.07, 6.45) is 0. The maximum Gasteiger partial charge on any atom is 0.234 e. The minimum atomic E-state index is -2.64. The summed E-state index contributed by atoms with van der Waals surface area (Å²) in [7, 11) is 0. The van der Waals surface area contributed by atoms with Gasteiger partial charge in [0, 0.05) is 12.0 Å². The number of nitrogens with two attached hydrogens (primary N) is 1. The first-order chi connectivity index (χ1) is 12.2. The van der Waals surface area contributed by atoms with Gasteiger partial charge in [0.15, 0.2) is 0 Å². The highest BCUT2D eigenvalue weighted by Crippen LogP contribution is 2.14. The van der Waals surface area contributed by atoms with Crippen molar-refractivity contribution in [1.29, 1.82) is 0 Å². The molecule has 2 rings (SSSR count). The zero-order valence-electron chi connectivity index (χ0n) is 15.8. The average Bonchev–Trinajstić information content (AvgIpc) is 2.57. The van der Waals surface area contributed by atoms with Gasteiger partial charge in [0.25, 0.3) is 0 Å². The Labute approximate surface area is 134 Å². The van der Waals surface area contributed by atoms with Crippen LogP contribution >= 0.6 is 0 Å². The third kappa shape index (κ3) is 4.86. The molecule has 2 aromatic rings. The van der Waals surface area contributed by atoms with Crippen molar-refractivity contribution in [2.75, 3.05) is 0 Å². The molecule has 0 aliphatic carbocycles. The number of amides is 1. The van der Waals surface area contributed by atoms with Crippen LogP contribution in [0, 0.1) is 5.82 Å². The van der Waals surface area contributed by atoms with Crippen molar-refractivity contribution in [2.45, 2.75) is 26.0 Å². The van der Waals surface area contributed by atoms with Gasteiger partial charge < -0.3 is 15.8 Å². The Hall–Kier alpha value is -2.40. The van der Waals surface area contributed by atoms with Gasteiger partial charge in [0.1, 0.15) is 18.2 Å². The summed E-state index contributed by atoms with van der Waals surface area (Å²) in [5, 5.41) is 2.40. The molecule has 0 spiro atoms. The molecule has 0 aliphatic rings. The van der Waals surface area contributed by atoms with Gasteiger partial charge in [-0.15, -0.1) is 0 Å². The Morgan fingerprint density at radius 1 is 1.36 bits per heavy atom. The Bertz CT molecular complexity index is 753. The SMILES string of the molecule is [2H]C(N[C@H](C(N)=O)C([2H])([2H])[2H])c1ccc(OCc2cccc(F)c2)cc1. The van der Waals surface area contributed by atoms with Crippen LogP contribution in [0.5, 0.6) is 5.75 Å². The molecule has 0 saturated heterocycles. The highest BCUT2D eigenvalue weighted by atomic mass is 19.1. The largest absolute Gasteiger partial charge is 0.489 e. The quantitative estimate of drug-likeness (QED) is 0.825. The minimum absolute atomic E-state index is 0.183. The van der Waals surface area contributed by atoms with E-state index in [1.165, 1.54) is 12.1 Å². The summed E-state index contributed by atoms with van der Waals surface area (Å²) in [4.78, 5) is 11.3. The summed E-state index contributed by atoms with van der Waals surface area (Å²) in [6.45, 7) is -3.60. The fourth-order valence-electron chi connectivity index (χ4n) is 1.72. The van der Waals surface area contributed by atoms with Crippen LogP contribution in [-0.2, 0) is 17.9 Å². The van der Waals surface area contributed by atoms with E-state index in [-0.39, 0.29) is 12.4 Å². The molecular weight excluding hydrogens is 283 g/mol. The second-order valence-corrected chi connectivity index (χ2v) is 4.63. The number of ether oxygens (including phenoxy) is 1. The Kier molecular flexibility index (Phi) is 3.85. The van der Waals surface area contributed by atoms with Crippen molar-refractivity contribution < 1.29 is 19.4 Å². The lowest BCUT2D eigenvalue weighted by Gasteiger charge is -2.11. The van der Waals surface area contributed by atoms with E-state index >= 15 is 0 Å². The van der Waals surface area contributed by atoms with Gasteiger partial charge in [-0.1, -0.05) is 24.3 Å². The third-order valence-electron chi connectivity index (χ3n) is 2.88. The second kappa shape index (κ2) is 7.56. The predicted octanol–water partition coefficient (Wildman–Crippen LogP) is 2.37. The number of hydrogen-bond donors (Lipinski definition) is 2. The van der Waals surface area contributed by atoms with Crippen LogP contribution < -0.4 is 15.8 Å². The Morgan fingerprint density at radius 3 is 2.77 bits per heavy atom. The number of halogens is 1. The summed E-state index contributed by atoms with van der Waals surface area (Å²) in [5.41, 5.74) is 6.21. The van der Waals surface area contributed by atoms with E-state index in [0.717, 1.165) is 0 Å². The first-order valence-corrected chi connectivity index (χ1v) is 6.61. The number of primary amides is 1. The lowest BCUT2D eigenvalue weighted by atomic mass is 10.2. The maximum absolute atomic E-state index is 13.1. The summed E-state index contributed by atoms with van der Waals surface area (Å²) in [6, 6.07) is 10.8. The predicted molar refractivity (Wildman–Crippen MR) is 82.7 cm³/mol. The van der Waals surface area contributed by atoms with Crippen LogP contribution in [0.1, 0.15) is 23.5 Å². The molecule has 4 nitrogen and oxygen atoms in total. The first kappa shape index (κ1) is 11.2. The number of hydrogen-bond acceptors (Lipinski definition) is 3. The monoisotopic (exact) mass is 306 g/mol. The normalized spacial score (nSPS) is 16.6. The molecule has 116 valence electrons. The van der Waals surface area contributed by atoms with Crippen molar-refractivity contribution in [3.63, 3.8) is 0 Å². The van der Waals surface area contributed by atoms with Gasteiger partial charge in [0.2, 0.25) is 5.91 Å². The number of benzene rings is 2. The van der Waals surface area contributed by atoms with E-state index in [2.05, 4.69) is 5.32 Å². The van der Waals surface area contributed by atoms with Crippen LogP contribution in [0.15, 0.2) is 48.5 Å². The lowest BCUT2D eigenvalue weighted by molar-refractivity contribution is -0.119. The van der Waals surface area contributed by atoms with Crippen molar-refractivity contribution in [2.24, 2.45) is 5.73 Å². The van der Waals surface area contributed by atoms with Crippen LogP contribution in [0.2, 0.25) is 0 Å². The maximum atomic E-state index is 13.1. The second-order valence-electron chi connectivity index (χ2n) is 4.63. The Balaban J connectivity index is 1.98. The van der Waals surface area contributed by atoms with Gasteiger partial charge in [-0.2, -0.15) is 0 Å². The van der Waals surface area contributed by atoms with E-state index in [0.29, 0.717) is 16.9 Å². The van der Waals surface area contributed by atoms with Crippen molar-refractivity contribution in [1.82, 2.24) is 5.32 Å². The number of nitrogens with one attached hydrogen (secondary N) is 1.